The van der Waals surface area contributed by atoms with Crippen molar-refractivity contribution in [1.29, 1.82) is 0 Å². The quantitative estimate of drug-likeness (QED) is 0.370. The molecule has 0 radical (unpaired) electrons. The highest BCUT2D eigenvalue weighted by molar-refractivity contribution is 7.99. The standard InChI is InChI=1S/C16H10ClFN4O4S/c17-11-6-5-9(7-13(11)22(24)25)19-14(23)8-27-16-21-20-15(26-16)10-3-1-2-4-12(10)18/h1-7H,8H2,(H,19,23). The monoisotopic (exact) mass is 408 g/mol. The molecular formula is C16H10ClFN4O4S. The van der Waals surface area contributed by atoms with E-state index in [2.05, 4.69) is 15.5 Å². The van der Waals surface area contributed by atoms with Gasteiger partial charge in [0, 0.05) is 11.8 Å². The minimum absolute atomic E-state index is 0.00401. The lowest BCUT2D eigenvalue weighted by Gasteiger charge is -2.04. The van der Waals surface area contributed by atoms with Crippen molar-refractivity contribution < 1.29 is 18.5 Å². The second-order valence-electron chi connectivity index (χ2n) is 5.11. The highest BCUT2D eigenvalue weighted by atomic mass is 35.5. The summed E-state index contributed by atoms with van der Waals surface area (Å²) < 4.78 is 19.0. The van der Waals surface area contributed by atoms with Crippen LogP contribution in [0.15, 0.2) is 52.1 Å². The number of aromatic nitrogens is 2. The van der Waals surface area contributed by atoms with E-state index in [9.17, 15) is 19.3 Å². The highest BCUT2D eigenvalue weighted by Gasteiger charge is 2.16. The van der Waals surface area contributed by atoms with Gasteiger partial charge in [0.1, 0.15) is 10.8 Å². The van der Waals surface area contributed by atoms with Crippen LogP contribution in [0.2, 0.25) is 5.02 Å². The first-order valence-corrected chi connectivity index (χ1v) is 8.75. The molecule has 8 nitrogen and oxygen atoms in total. The van der Waals surface area contributed by atoms with Crippen LogP contribution in [0.5, 0.6) is 0 Å². The maximum Gasteiger partial charge on any atom is 0.289 e. The van der Waals surface area contributed by atoms with Crippen LogP contribution in [-0.4, -0.2) is 26.8 Å². The molecule has 3 rings (SSSR count). The van der Waals surface area contributed by atoms with Gasteiger partial charge in [-0.05, 0) is 24.3 Å². The van der Waals surface area contributed by atoms with Crippen molar-refractivity contribution in [3.8, 4) is 11.5 Å². The molecular weight excluding hydrogens is 399 g/mol. The van der Waals surface area contributed by atoms with Crippen LogP contribution in [-0.2, 0) is 4.79 Å². The van der Waals surface area contributed by atoms with E-state index in [0.717, 1.165) is 17.8 Å². The topological polar surface area (TPSA) is 111 Å². The van der Waals surface area contributed by atoms with Crippen LogP contribution in [0.4, 0.5) is 15.8 Å². The zero-order valence-corrected chi connectivity index (χ0v) is 15.0. The van der Waals surface area contributed by atoms with Gasteiger partial charge in [-0.2, -0.15) is 0 Å². The number of nitrogens with zero attached hydrogens (tertiary/aromatic N) is 3. The van der Waals surface area contributed by atoms with Crippen molar-refractivity contribution in [2.24, 2.45) is 0 Å². The second-order valence-corrected chi connectivity index (χ2v) is 6.45. The van der Waals surface area contributed by atoms with Gasteiger partial charge in [-0.3, -0.25) is 14.9 Å². The molecule has 11 heteroatoms. The SMILES string of the molecule is O=C(CSc1nnc(-c2ccccc2F)o1)Nc1ccc(Cl)c([N+](=O)[O-])c1. The van der Waals surface area contributed by atoms with E-state index < -0.39 is 16.6 Å². The Morgan fingerprint density at radius 1 is 1.30 bits per heavy atom. The number of amides is 1. The maximum absolute atomic E-state index is 13.7. The summed E-state index contributed by atoms with van der Waals surface area (Å²) in [5.74, 6) is -1.03. The molecule has 0 atom stereocenters. The number of nitro groups is 1. The third-order valence-electron chi connectivity index (χ3n) is 3.26. The average Bonchev–Trinajstić information content (AvgIpc) is 3.10. The number of carbonyl (C=O) groups excluding carboxylic acids is 1. The van der Waals surface area contributed by atoms with Crippen molar-refractivity contribution in [1.82, 2.24) is 10.2 Å². The first kappa shape index (κ1) is 18.8. The number of carbonyl (C=O) groups is 1. The first-order valence-electron chi connectivity index (χ1n) is 7.39. The van der Waals surface area contributed by atoms with Gasteiger partial charge in [-0.1, -0.05) is 35.5 Å². The third-order valence-corrected chi connectivity index (χ3v) is 4.40. The van der Waals surface area contributed by atoms with E-state index in [1.54, 1.807) is 6.07 Å². The Kier molecular flexibility index (Phi) is 5.67. The van der Waals surface area contributed by atoms with E-state index in [0.29, 0.717) is 0 Å². The third kappa shape index (κ3) is 4.60. The molecule has 0 spiro atoms. The number of benzene rings is 2. The Labute approximate surface area is 160 Å². The minimum Gasteiger partial charge on any atom is -0.411 e. The molecule has 3 aromatic rings. The van der Waals surface area contributed by atoms with Gasteiger partial charge in [-0.15, -0.1) is 10.2 Å². The maximum atomic E-state index is 13.7. The fourth-order valence-electron chi connectivity index (χ4n) is 2.07. The van der Waals surface area contributed by atoms with Crippen molar-refractivity contribution in [2.45, 2.75) is 5.22 Å². The molecule has 138 valence electrons. The number of thioether (sulfide) groups is 1. The number of rotatable bonds is 6. The molecule has 1 heterocycles. The van der Waals surface area contributed by atoms with Crippen molar-refractivity contribution in [3.63, 3.8) is 0 Å². The smallest absolute Gasteiger partial charge is 0.289 e. The van der Waals surface area contributed by atoms with E-state index in [-0.39, 0.29) is 38.8 Å². The molecule has 0 aliphatic heterocycles. The fourth-order valence-corrected chi connectivity index (χ4v) is 2.82. The van der Waals surface area contributed by atoms with Gasteiger partial charge in [0.2, 0.25) is 5.91 Å². The van der Waals surface area contributed by atoms with E-state index in [1.165, 1.54) is 30.3 Å². The summed E-state index contributed by atoms with van der Waals surface area (Å²) in [7, 11) is 0. The molecule has 0 bridgehead atoms. The molecule has 27 heavy (non-hydrogen) atoms. The van der Waals surface area contributed by atoms with Gasteiger partial charge < -0.3 is 9.73 Å². The number of halogens is 2. The predicted octanol–water partition coefficient (Wildman–Crippen LogP) is 4.17. The van der Waals surface area contributed by atoms with Crippen molar-refractivity contribution in [2.75, 3.05) is 11.1 Å². The lowest BCUT2D eigenvalue weighted by atomic mass is 10.2. The van der Waals surface area contributed by atoms with E-state index >= 15 is 0 Å². The average molecular weight is 409 g/mol. The Morgan fingerprint density at radius 2 is 2.07 bits per heavy atom. The van der Waals surface area contributed by atoms with Crippen LogP contribution >= 0.6 is 23.4 Å². The van der Waals surface area contributed by atoms with Gasteiger partial charge in [-0.25, -0.2) is 4.39 Å². The summed E-state index contributed by atoms with van der Waals surface area (Å²) in [5.41, 5.74) is 0.0811. The highest BCUT2D eigenvalue weighted by Crippen LogP contribution is 2.28. The second kappa shape index (κ2) is 8.14. The summed E-state index contributed by atoms with van der Waals surface area (Å²) in [6.07, 6.45) is 0. The Hall–Kier alpha value is -2.98. The molecule has 1 amide bonds. The van der Waals surface area contributed by atoms with Crippen molar-refractivity contribution >= 4 is 40.6 Å². The Balaban J connectivity index is 1.61. The van der Waals surface area contributed by atoms with E-state index in [1.807, 2.05) is 0 Å². The Bertz CT molecular complexity index is 1010. The lowest BCUT2D eigenvalue weighted by molar-refractivity contribution is -0.384. The van der Waals surface area contributed by atoms with Gasteiger partial charge in [0.25, 0.3) is 16.8 Å². The fraction of sp³-hybridized carbons (Fsp3) is 0.0625. The molecule has 0 fully saturated rings. The van der Waals surface area contributed by atoms with Gasteiger partial charge in [0.05, 0.1) is 16.2 Å². The van der Waals surface area contributed by atoms with Gasteiger partial charge in [0.15, 0.2) is 0 Å². The molecule has 0 unspecified atom stereocenters. The number of anilines is 1. The largest absolute Gasteiger partial charge is 0.411 e. The number of nitrogens with one attached hydrogen (secondary N) is 1. The predicted molar refractivity (Wildman–Crippen MR) is 97.2 cm³/mol. The molecule has 1 N–H and O–H groups in total. The molecule has 0 aliphatic rings. The number of hydrogen-bond donors (Lipinski definition) is 1. The van der Waals surface area contributed by atoms with Crippen LogP contribution in [0, 0.1) is 15.9 Å². The summed E-state index contributed by atoms with van der Waals surface area (Å²) in [4.78, 5) is 22.2. The summed E-state index contributed by atoms with van der Waals surface area (Å²) >= 11 is 6.67. The molecule has 0 saturated carbocycles. The van der Waals surface area contributed by atoms with Crippen LogP contribution < -0.4 is 5.32 Å². The van der Waals surface area contributed by atoms with E-state index in [4.69, 9.17) is 16.0 Å². The summed E-state index contributed by atoms with van der Waals surface area (Å²) in [6, 6.07) is 9.86. The Morgan fingerprint density at radius 3 is 2.81 bits per heavy atom. The summed E-state index contributed by atoms with van der Waals surface area (Å²) in [6.45, 7) is 0. The van der Waals surface area contributed by atoms with Crippen LogP contribution in [0.25, 0.3) is 11.5 Å². The zero-order valence-electron chi connectivity index (χ0n) is 13.4. The lowest BCUT2D eigenvalue weighted by Crippen LogP contribution is -2.14. The number of hydrogen-bond acceptors (Lipinski definition) is 7. The first-order chi connectivity index (χ1) is 12.9. The zero-order chi connectivity index (χ0) is 19.4. The van der Waals surface area contributed by atoms with Crippen LogP contribution in [0.3, 0.4) is 0 Å². The summed E-state index contributed by atoms with van der Waals surface area (Å²) in [5, 5.41) is 20.9. The molecule has 0 saturated heterocycles. The molecule has 1 aromatic heterocycles. The molecule has 2 aromatic carbocycles. The number of nitro benzene ring substituents is 1. The van der Waals surface area contributed by atoms with Crippen molar-refractivity contribution in [3.05, 3.63) is 63.4 Å². The normalized spacial score (nSPS) is 10.6. The minimum atomic E-state index is -0.643. The molecule has 0 aliphatic carbocycles. The van der Waals surface area contributed by atoms with Gasteiger partial charge >= 0.3 is 0 Å². The van der Waals surface area contributed by atoms with Crippen LogP contribution in [0.1, 0.15) is 0 Å².